The fraction of sp³-hybridized carbons (Fsp3) is 0.250. The smallest absolute Gasteiger partial charge is 0.366 e. The zero-order chi connectivity index (χ0) is 13.1. The Hall–Kier alpha value is -1.78. The van der Waals surface area contributed by atoms with Crippen molar-refractivity contribution in [3.05, 3.63) is 47.5 Å². The van der Waals surface area contributed by atoms with E-state index < -0.39 is 17.6 Å². The van der Waals surface area contributed by atoms with Crippen LogP contribution in [-0.2, 0) is 12.6 Å². The molecule has 0 bridgehead atoms. The number of hydrogen-bond donors (Lipinski definition) is 1. The zero-order valence-electron chi connectivity index (χ0n) is 9.05. The minimum Gasteiger partial charge on any atom is -0.366 e. The van der Waals surface area contributed by atoms with E-state index >= 15 is 0 Å². The van der Waals surface area contributed by atoms with Gasteiger partial charge in [-0.1, -0.05) is 12.1 Å². The molecule has 0 aliphatic rings. The topological polar surface area (TPSA) is 43.1 Å². The van der Waals surface area contributed by atoms with Crippen LogP contribution in [0.2, 0.25) is 0 Å². The number of rotatable bonds is 4. The van der Waals surface area contributed by atoms with E-state index in [1.807, 2.05) is 0 Å². The molecular formula is C12H12F3NO. The minimum atomic E-state index is -4.47. The standard InChI is InChI=1S/C12H12F3NO/c1-2-3-4-8-5-6-9(12(13,14)15)7-10(8)11(16)17/h2,5-7H,1,3-4H2,(H2,16,17). The van der Waals surface area contributed by atoms with Crippen molar-refractivity contribution in [2.45, 2.75) is 19.0 Å². The second-order valence-corrected chi connectivity index (χ2v) is 3.56. The number of halogens is 3. The lowest BCUT2D eigenvalue weighted by atomic mass is 9.99. The Labute approximate surface area is 96.9 Å². The van der Waals surface area contributed by atoms with Crippen LogP contribution in [0.3, 0.4) is 0 Å². The van der Waals surface area contributed by atoms with Crippen LogP contribution in [0.1, 0.15) is 27.9 Å². The normalized spacial score (nSPS) is 11.2. The predicted molar refractivity (Wildman–Crippen MR) is 58.5 cm³/mol. The van der Waals surface area contributed by atoms with Gasteiger partial charge in [0, 0.05) is 5.56 Å². The molecule has 1 aromatic carbocycles. The van der Waals surface area contributed by atoms with Crippen LogP contribution in [0.25, 0.3) is 0 Å². The Kier molecular flexibility index (Phi) is 3.93. The Bertz CT molecular complexity index is 438. The molecule has 5 heteroatoms. The quantitative estimate of drug-likeness (QED) is 0.812. The van der Waals surface area contributed by atoms with E-state index in [2.05, 4.69) is 6.58 Å². The van der Waals surface area contributed by atoms with Gasteiger partial charge in [0.1, 0.15) is 0 Å². The van der Waals surface area contributed by atoms with Crippen LogP contribution in [-0.4, -0.2) is 5.91 Å². The van der Waals surface area contributed by atoms with Gasteiger partial charge in [-0.05, 0) is 30.5 Å². The Morgan fingerprint density at radius 2 is 2.06 bits per heavy atom. The van der Waals surface area contributed by atoms with E-state index in [1.54, 1.807) is 6.08 Å². The van der Waals surface area contributed by atoms with E-state index in [0.717, 1.165) is 12.1 Å². The molecule has 0 radical (unpaired) electrons. The molecule has 0 atom stereocenters. The summed E-state index contributed by atoms with van der Waals surface area (Å²) in [7, 11) is 0. The fourth-order valence-electron chi connectivity index (χ4n) is 1.46. The second-order valence-electron chi connectivity index (χ2n) is 3.56. The average Bonchev–Trinajstić information content (AvgIpc) is 2.24. The fourth-order valence-corrected chi connectivity index (χ4v) is 1.46. The SMILES string of the molecule is C=CCCc1ccc(C(F)(F)F)cc1C(N)=O. The third-order valence-electron chi connectivity index (χ3n) is 2.32. The molecule has 2 N–H and O–H groups in total. The number of alkyl halides is 3. The summed E-state index contributed by atoms with van der Waals surface area (Å²) in [5.41, 5.74) is 4.62. The monoisotopic (exact) mass is 243 g/mol. The van der Waals surface area contributed by atoms with Gasteiger partial charge in [0.2, 0.25) is 5.91 Å². The zero-order valence-corrected chi connectivity index (χ0v) is 9.05. The van der Waals surface area contributed by atoms with Gasteiger partial charge in [-0.2, -0.15) is 13.2 Å². The van der Waals surface area contributed by atoms with Crippen molar-refractivity contribution in [1.82, 2.24) is 0 Å². The molecule has 92 valence electrons. The second kappa shape index (κ2) is 5.03. The Morgan fingerprint density at radius 3 is 2.53 bits per heavy atom. The van der Waals surface area contributed by atoms with Crippen LogP contribution >= 0.6 is 0 Å². The molecule has 2 nitrogen and oxygen atoms in total. The summed E-state index contributed by atoms with van der Waals surface area (Å²) >= 11 is 0. The first kappa shape index (κ1) is 13.3. The number of primary amides is 1. The summed E-state index contributed by atoms with van der Waals surface area (Å²) in [6, 6.07) is 3.03. The van der Waals surface area contributed by atoms with Crippen molar-refractivity contribution in [3.63, 3.8) is 0 Å². The molecule has 0 fully saturated rings. The Balaban J connectivity index is 3.17. The van der Waals surface area contributed by atoms with Gasteiger partial charge in [-0.3, -0.25) is 4.79 Å². The highest BCUT2D eigenvalue weighted by molar-refractivity contribution is 5.94. The molecule has 0 unspecified atom stereocenters. The van der Waals surface area contributed by atoms with E-state index in [4.69, 9.17) is 5.73 Å². The maximum atomic E-state index is 12.4. The molecular weight excluding hydrogens is 231 g/mol. The number of nitrogens with two attached hydrogens (primary N) is 1. The average molecular weight is 243 g/mol. The molecule has 1 amide bonds. The van der Waals surface area contributed by atoms with Gasteiger partial charge in [-0.15, -0.1) is 6.58 Å². The van der Waals surface area contributed by atoms with Gasteiger partial charge in [-0.25, -0.2) is 0 Å². The van der Waals surface area contributed by atoms with Crippen LogP contribution in [0, 0.1) is 0 Å². The predicted octanol–water partition coefficient (Wildman–Crippen LogP) is 2.92. The lowest BCUT2D eigenvalue weighted by molar-refractivity contribution is -0.137. The number of allylic oxidation sites excluding steroid dienone is 1. The van der Waals surface area contributed by atoms with Gasteiger partial charge < -0.3 is 5.73 Å². The number of carbonyl (C=O) groups excluding carboxylic acids is 1. The lowest BCUT2D eigenvalue weighted by Crippen LogP contribution is -2.16. The lowest BCUT2D eigenvalue weighted by Gasteiger charge is -2.11. The maximum Gasteiger partial charge on any atom is 0.416 e. The minimum absolute atomic E-state index is 0.0818. The van der Waals surface area contributed by atoms with Crippen molar-refractivity contribution < 1.29 is 18.0 Å². The highest BCUT2D eigenvalue weighted by atomic mass is 19.4. The number of amides is 1. The van der Waals surface area contributed by atoms with E-state index in [0.29, 0.717) is 18.4 Å². The third-order valence-corrected chi connectivity index (χ3v) is 2.32. The molecule has 0 aliphatic carbocycles. The number of carbonyl (C=O) groups is 1. The summed E-state index contributed by atoms with van der Waals surface area (Å²) in [5.74, 6) is -0.852. The first-order valence-electron chi connectivity index (χ1n) is 4.97. The van der Waals surface area contributed by atoms with Gasteiger partial charge in [0.25, 0.3) is 0 Å². The molecule has 0 aromatic heterocycles. The van der Waals surface area contributed by atoms with Crippen LogP contribution in [0.15, 0.2) is 30.9 Å². The van der Waals surface area contributed by atoms with Crippen molar-refractivity contribution in [2.75, 3.05) is 0 Å². The van der Waals surface area contributed by atoms with Gasteiger partial charge in [0.15, 0.2) is 0 Å². The summed E-state index contributed by atoms with van der Waals surface area (Å²) in [5, 5.41) is 0. The molecule has 0 aliphatic heterocycles. The van der Waals surface area contributed by atoms with E-state index in [-0.39, 0.29) is 5.56 Å². The summed E-state index contributed by atoms with van der Waals surface area (Å²) in [6.07, 6.45) is -1.82. The molecule has 1 aromatic rings. The number of aryl methyl sites for hydroxylation is 1. The van der Waals surface area contributed by atoms with Crippen LogP contribution in [0.5, 0.6) is 0 Å². The van der Waals surface area contributed by atoms with Crippen molar-refractivity contribution in [2.24, 2.45) is 5.73 Å². The van der Waals surface area contributed by atoms with Gasteiger partial charge in [0.05, 0.1) is 5.56 Å². The molecule has 0 saturated heterocycles. The largest absolute Gasteiger partial charge is 0.416 e. The number of benzene rings is 1. The first-order valence-corrected chi connectivity index (χ1v) is 4.97. The third kappa shape index (κ3) is 3.34. The van der Waals surface area contributed by atoms with Crippen LogP contribution < -0.4 is 5.73 Å². The first-order chi connectivity index (χ1) is 7.86. The Morgan fingerprint density at radius 1 is 1.41 bits per heavy atom. The highest BCUT2D eigenvalue weighted by Crippen LogP contribution is 2.30. The molecule has 17 heavy (non-hydrogen) atoms. The van der Waals surface area contributed by atoms with Crippen molar-refractivity contribution in [3.8, 4) is 0 Å². The molecule has 0 heterocycles. The van der Waals surface area contributed by atoms with Crippen molar-refractivity contribution >= 4 is 5.91 Å². The maximum absolute atomic E-state index is 12.4. The molecule has 0 saturated carbocycles. The van der Waals surface area contributed by atoms with E-state index in [9.17, 15) is 18.0 Å². The highest BCUT2D eigenvalue weighted by Gasteiger charge is 2.31. The molecule has 0 spiro atoms. The van der Waals surface area contributed by atoms with Crippen molar-refractivity contribution in [1.29, 1.82) is 0 Å². The van der Waals surface area contributed by atoms with E-state index in [1.165, 1.54) is 6.07 Å². The summed E-state index contributed by atoms with van der Waals surface area (Å²) in [4.78, 5) is 11.1. The van der Waals surface area contributed by atoms with Gasteiger partial charge >= 0.3 is 6.18 Å². The number of hydrogen-bond acceptors (Lipinski definition) is 1. The summed E-state index contributed by atoms with van der Waals surface area (Å²) in [6.45, 7) is 3.51. The molecule has 1 rings (SSSR count). The summed E-state index contributed by atoms with van der Waals surface area (Å²) < 4.78 is 37.3. The van der Waals surface area contributed by atoms with Crippen LogP contribution in [0.4, 0.5) is 13.2 Å².